The monoisotopic (exact) mass is 176 g/mol. The fraction of sp³-hybridized carbons (Fsp3) is 0.545. The van der Waals surface area contributed by atoms with Gasteiger partial charge in [0.15, 0.2) is 0 Å². The first-order valence-electron chi connectivity index (χ1n) is 4.72. The molecule has 1 saturated heterocycles. The average Bonchev–Trinajstić information content (AvgIpc) is 2.20. The Morgan fingerprint density at radius 1 is 1.62 bits per heavy atom. The number of pyridine rings is 1. The van der Waals surface area contributed by atoms with Gasteiger partial charge in [0.2, 0.25) is 0 Å². The smallest absolute Gasteiger partial charge is 0.0927 e. The standard InChI is InChI=1S/C11H14NO/c1-11(5-3-7-13-9-11)10-4-2-6-12-8-10/h2,4,6H,3,5,7,9H2,1H3. The summed E-state index contributed by atoms with van der Waals surface area (Å²) in [4.78, 5) is 4.02. The minimum absolute atomic E-state index is 0.131. The van der Waals surface area contributed by atoms with Crippen molar-refractivity contribution in [2.75, 3.05) is 13.2 Å². The number of hydrogen-bond donors (Lipinski definition) is 0. The third kappa shape index (κ3) is 1.73. The highest BCUT2D eigenvalue weighted by atomic mass is 16.5. The molecule has 1 aliphatic heterocycles. The van der Waals surface area contributed by atoms with Crippen LogP contribution in [0.3, 0.4) is 0 Å². The summed E-state index contributed by atoms with van der Waals surface area (Å²) >= 11 is 0. The minimum atomic E-state index is 0.131. The Morgan fingerprint density at radius 3 is 3.15 bits per heavy atom. The van der Waals surface area contributed by atoms with Crippen molar-refractivity contribution >= 4 is 0 Å². The molecule has 69 valence electrons. The van der Waals surface area contributed by atoms with Gasteiger partial charge in [-0.05, 0) is 24.5 Å². The van der Waals surface area contributed by atoms with E-state index in [4.69, 9.17) is 4.74 Å². The molecule has 1 aliphatic rings. The van der Waals surface area contributed by atoms with Crippen LogP contribution in [-0.2, 0) is 10.2 Å². The van der Waals surface area contributed by atoms with Crippen LogP contribution in [0.2, 0.25) is 0 Å². The van der Waals surface area contributed by atoms with Crippen LogP contribution in [-0.4, -0.2) is 18.2 Å². The summed E-state index contributed by atoms with van der Waals surface area (Å²) < 4.78 is 5.49. The lowest BCUT2D eigenvalue weighted by Crippen LogP contribution is -2.33. The Labute approximate surface area is 78.9 Å². The summed E-state index contributed by atoms with van der Waals surface area (Å²) in [6, 6.07) is 4.05. The van der Waals surface area contributed by atoms with Crippen molar-refractivity contribution < 1.29 is 4.74 Å². The van der Waals surface area contributed by atoms with Crippen LogP contribution >= 0.6 is 0 Å². The molecule has 0 saturated carbocycles. The largest absolute Gasteiger partial charge is 0.381 e. The summed E-state index contributed by atoms with van der Waals surface area (Å²) in [5.74, 6) is 0. The van der Waals surface area contributed by atoms with Gasteiger partial charge in [0.1, 0.15) is 0 Å². The molecule has 1 fully saturated rings. The molecule has 0 aromatic carbocycles. The SMILES string of the molecule is CC1(c2[c]nccc2)CCCOC1. The Balaban J connectivity index is 2.23. The van der Waals surface area contributed by atoms with Gasteiger partial charge < -0.3 is 4.74 Å². The topological polar surface area (TPSA) is 22.1 Å². The lowest BCUT2D eigenvalue weighted by molar-refractivity contribution is 0.0417. The average molecular weight is 176 g/mol. The highest BCUT2D eigenvalue weighted by Crippen LogP contribution is 2.31. The van der Waals surface area contributed by atoms with Gasteiger partial charge in [-0.3, -0.25) is 4.98 Å². The molecule has 1 radical (unpaired) electrons. The van der Waals surface area contributed by atoms with E-state index in [1.54, 1.807) is 6.20 Å². The van der Waals surface area contributed by atoms with Gasteiger partial charge in [-0.25, -0.2) is 0 Å². The van der Waals surface area contributed by atoms with Crippen LogP contribution in [0, 0.1) is 6.20 Å². The second kappa shape index (κ2) is 3.46. The summed E-state index contributed by atoms with van der Waals surface area (Å²) in [7, 11) is 0. The molecule has 0 aliphatic carbocycles. The summed E-state index contributed by atoms with van der Waals surface area (Å²) in [5, 5.41) is 0. The van der Waals surface area contributed by atoms with Gasteiger partial charge in [-0.15, -0.1) is 0 Å². The fourth-order valence-electron chi connectivity index (χ4n) is 1.81. The fourth-order valence-corrected chi connectivity index (χ4v) is 1.81. The minimum Gasteiger partial charge on any atom is -0.381 e. The molecule has 1 aromatic rings. The van der Waals surface area contributed by atoms with E-state index < -0.39 is 0 Å². The van der Waals surface area contributed by atoms with Gasteiger partial charge >= 0.3 is 0 Å². The van der Waals surface area contributed by atoms with E-state index in [1.165, 1.54) is 12.0 Å². The van der Waals surface area contributed by atoms with E-state index in [9.17, 15) is 0 Å². The van der Waals surface area contributed by atoms with Crippen molar-refractivity contribution in [2.24, 2.45) is 0 Å². The lowest BCUT2D eigenvalue weighted by Gasteiger charge is -2.33. The third-order valence-corrected chi connectivity index (χ3v) is 2.70. The molecule has 13 heavy (non-hydrogen) atoms. The van der Waals surface area contributed by atoms with Gasteiger partial charge in [-0.2, -0.15) is 0 Å². The van der Waals surface area contributed by atoms with Crippen LogP contribution in [0.15, 0.2) is 18.3 Å². The molecule has 2 heteroatoms. The maximum Gasteiger partial charge on any atom is 0.0927 e. The Kier molecular flexibility index (Phi) is 2.32. The second-order valence-corrected chi connectivity index (χ2v) is 3.88. The van der Waals surface area contributed by atoms with Gasteiger partial charge in [0.25, 0.3) is 0 Å². The van der Waals surface area contributed by atoms with E-state index in [0.29, 0.717) is 0 Å². The van der Waals surface area contributed by atoms with E-state index in [2.05, 4.69) is 24.2 Å². The van der Waals surface area contributed by atoms with Crippen molar-refractivity contribution in [3.8, 4) is 0 Å². The first kappa shape index (κ1) is 8.70. The third-order valence-electron chi connectivity index (χ3n) is 2.70. The number of ether oxygens (including phenoxy) is 1. The molecule has 2 rings (SSSR count). The zero-order chi connectivity index (χ0) is 9.15. The number of aromatic nitrogens is 1. The quantitative estimate of drug-likeness (QED) is 0.652. The predicted octanol–water partition coefficient (Wildman–Crippen LogP) is 1.95. The molecular formula is C11H14NO. The molecule has 0 amide bonds. The first-order valence-corrected chi connectivity index (χ1v) is 4.72. The van der Waals surface area contributed by atoms with Crippen molar-refractivity contribution in [3.05, 3.63) is 30.1 Å². The first-order chi connectivity index (χ1) is 6.31. The van der Waals surface area contributed by atoms with Crippen molar-refractivity contribution in [1.29, 1.82) is 0 Å². The molecule has 2 heterocycles. The predicted molar refractivity (Wildman–Crippen MR) is 50.5 cm³/mol. The van der Waals surface area contributed by atoms with Gasteiger partial charge in [-0.1, -0.05) is 13.0 Å². The molecule has 2 nitrogen and oxygen atoms in total. The second-order valence-electron chi connectivity index (χ2n) is 3.88. The summed E-state index contributed by atoms with van der Waals surface area (Å²) in [6.45, 7) is 3.92. The Bertz CT molecular complexity index is 265. The lowest BCUT2D eigenvalue weighted by atomic mass is 9.79. The summed E-state index contributed by atoms with van der Waals surface area (Å²) in [6.07, 6.45) is 7.12. The molecule has 0 bridgehead atoms. The van der Waals surface area contributed by atoms with Gasteiger partial charge in [0, 0.05) is 18.2 Å². The molecule has 0 N–H and O–H groups in total. The maximum atomic E-state index is 5.49. The van der Waals surface area contributed by atoms with E-state index >= 15 is 0 Å². The van der Waals surface area contributed by atoms with Crippen molar-refractivity contribution in [2.45, 2.75) is 25.2 Å². The van der Waals surface area contributed by atoms with E-state index in [1.807, 2.05) is 6.07 Å². The van der Waals surface area contributed by atoms with Crippen molar-refractivity contribution in [1.82, 2.24) is 4.98 Å². The van der Waals surface area contributed by atoms with Crippen LogP contribution in [0.5, 0.6) is 0 Å². The Morgan fingerprint density at radius 2 is 2.54 bits per heavy atom. The molecular weight excluding hydrogens is 162 g/mol. The van der Waals surface area contributed by atoms with Crippen LogP contribution in [0.1, 0.15) is 25.3 Å². The zero-order valence-corrected chi connectivity index (χ0v) is 7.92. The van der Waals surface area contributed by atoms with Crippen LogP contribution < -0.4 is 0 Å². The Hall–Kier alpha value is -0.890. The molecule has 1 aromatic heterocycles. The number of hydrogen-bond acceptors (Lipinski definition) is 2. The van der Waals surface area contributed by atoms with Crippen LogP contribution in [0.4, 0.5) is 0 Å². The zero-order valence-electron chi connectivity index (χ0n) is 7.92. The van der Waals surface area contributed by atoms with Gasteiger partial charge in [0.05, 0.1) is 12.8 Å². The molecule has 1 unspecified atom stereocenters. The highest BCUT2D eigenvalue weighted by molar-refractivity contribution is 5.20. The molecule has 0 spiro atoms. The normalized spacial score (nSPS) is 28.7. The van der Waals surface area contributed by atoms with Crippen molar-refractivity contribution in [3.63, 3.8) is 0 Å². The summed E-state index contributed by atoms with van der Waals surface area (Å²) in [5.41, 5.74) is 1.31. The maximum absolute atomic E-state index is 5.49. The van der Waals surface area contributed by atoms with E-state index in [-0.39, 0.29) is 5.41 Å². The molecule has 1 atom stereocenters. The van der Waals surface area contributed by atoms with E-state index in [0.717, 1.165) is 19.6 Å². The van der Waals surface area contributed by atoms with Crippen LogP contribution in [0.25, 0.3) is 0 Å². The highest BCUT2D eigenvalue weighted by Gasteiger charge is 2.29. The number of rotatable bonds is 1. The number of nitrogens with zero attached hydrogens (tertiary/aromatic N) is 1.